The van der Waals surface area contributed by atoms with Crippen molar-refractivity contribution in [1.29, 1.82) is 0 Å². The molecule has 0 saturated heterocycles. The van der Waals surface area contributed by atoms with Crippen LogP contribution in [0.2, 0.25) is 0 Å². The van der Waals surface area contributed by atoms with Crippen LogP contribution >= 0.6 is 7.14 Å². The lowest BCUT2D eigenvalue weighted by molar-refractivity contribution is -0.00661. The van der Waals surface area contributed by atoms with Crippen molar-refractivity contribution in [1.82, 2.24) is 5.32 Å². The average Bonchev–Trinajstić information content (AvgIpc) is 2.86. The highest BCUT2D eigenvalue weighted by molar-refractivity contribution is 7.79. The molecule has 4 nitrogen and oxygen atoms in total. The first-order chi connectivity index (χ1) is 15.9. The van der Waals surface area contributed by atoms with Gasteiger partial charge in [0.1, 0.15) is 0 Å². The van der Waals surface area contributed by atoms with Crippen LogP contribution in [0.15, 0.2) is 91.0 Å². The van der Waals surface area contributed by atoms with Crippen LogP contribution in [0.5, 0.6) is 0 Å². The number of carbonyl (C=O) groups excluding carboxylic acids is 1. The van der Waals surface area contributed by atoms with Crippen molar-refractivity contribution in [2.24, 2.45) is 0 Å². The zero-order valence-corrected chi connectivity index (χ0v) is 20.0. The number of hydrogen-bond donors (Lipinski definition) is 2. The van der Waals surface area contributed by atoms with Crippen LogP contribution in [0.3, 0.4) is 0 Å². The molecule has 1 saturated carbocycles. The maximum atomic E-state index is 15.3. The number of benzene rings is 3. The fraction of sp³-hybridized carbons (Fsp3) is 0.321. The Bertz CT molecular complexity index is 1050. The van der Waals surface area contributed by atoms with E-state index in [1.165, 1.54) is 0 Å². The predicted octanol–water partition coefficient (Wildman–Crippen LogP) is 4.88. The first kappa shape index (κ1) is 23.5. The molecular weight excluding hydrogens is 429 g/mol. The maximum absolute atomic E-state index is 15.3. The molecule has 0 spiro atoms. The topological polar surface area (TPSA) is 66.4 Å². The lowest BCUT2D eigenvalue weighted by Crippen LogP contribution is -2.56. The van der Waals surface area contributed by atoms with E-state index < -0.39 is 24.4 Å². The summed E-state index contributed by atoms with van der Waals surface area (Å²) in [5, 5.41) is 16.5. The smallest absolute Gasteiger partial charge is 0.251 e. The maximum Gasteiger partial charge on any atom is 0.251 e. The Morgan fingerprint density at radius 2 is 1.27 bits per heavy atom. The van der Waals surface area contributed by atoms with E-state index in [0.717, 1.165) is 19.3 Å². The molecule has 0 unspecified atom stereocenters. The highest BCUT2D eigenvalue weighted by Gasteiger charge is 2.52. The van der Waals surface area contributed by atoms with Crippen LogP contribution in [-0.2, 0) is 4.57 Å². The predicted molar refractivity (Wildman–Crippen MR) is 135 cm³/mol. The summed E-state index contributed by atoms with van der Waals surface area (Å²) in [6.07, 6.45) is 3.98. The van der Waals surface area contributed by atoms with Crippen LogP contribution in [0.25, 0.3) is 0 Å². The molecule has 3 aromatic carbocycles. The molecule has 3 aromatic rings. The van der Waals surface area contributed by atoms with Crippen molar-refractivity contribution in [2.45, 2.75) is 56.3 Å². The molecule has 1 aliphatic carbocycles. The Morgan fingerprint density at radius 1 is 0.818 bits per heavy atom. The highest BCUT2D eigenvalue weighted by atomic mass is 31.2. The zero-order valence-electron chi connectivity index (χ0n) is 19.1. The molecular formula is C28H32NO3P. The second kappa shape index (κ2) is 10.1. The normalized spacial score (nSPS) is 17.6. The molecule has 1 fully saturated rings. The van der Waals surface area contributed by atoms with E-state index in [-0.39, 0.29) is 5.91 Å². The van der Waals surface area contributed by atoms with Gasteiger partial charge < -0.3 is 15.0 Å². The summed E-state index contributed by atoms with van der Waals surface area (Å²) in [5.41, 5.74) is -1.24. The minimum atomic E-state index is -3.34. The van der Waals surface area contributed by atoms with Crippen molar-refractivity contribution >= 4 is 23.7 Å². The molecule has 1 aliphatic rings. The number of rotatable bonds is 7. The number of hydrogen-bond acceptors (Lipinski definition) is 3. The van der Waals surface area contributed by atoms with Gasteiger partial charge in [-0.2, -0.15) is 0 Å². The van der Waals surface area contributed by atoms with Gasteiger partial charge in [-0.3, -0.25) is 4.79 Å². The van der Waals surface area contributed by atoms with Gasteiger partial charge in [-0.25, -0.2) is 0 Å². The monoisotopic (exact) mass is 461 g/mol. The van der Waals surface area contributed by atoms with Gasteiger partial charge in [-0.05, 0) is 31.9 Å². The zero-order chi connectivity index (χ0) is 23.3. The van der Waals surface area contributed by atoms with E-state index in [4.69, 9.17) is 0 Å². The van der Waals surface area contributed by atoms with Crippen LogP contribution in [-0.4, -0.2) is 28.3 Å². The highest BCUT2D eigenvalue weighted by Crippen LogP contribution is 2.56. The van der Waals surface area contributed by atoms with Crippen LogP contribution < -0.4 is 15.9 Å². The Morgan fingerprint density at radius 3 is 1.76 bits per heavy atom. The first-order valence-electron chi connectivity index (χ1n) is 11.7. The van der Waals surface area contributed by atoms with Crippen molar-refractivity contribution < 1.29 is 14.5 Å². The van der Waals surface area contributed by atoms with Gasteiger partial charge in [0.25, 0.3) is 5.91 Å². The van der Waals surface area contributed by atoms with Gasteiger partial charge in [-0.15, -0.1) is 0 Å². The fourth-order valence-corrected chi connectivity index (χ4v) is 9.12. The summed E-state index contributed by atoms with van der Waals surface area (Å²) < 4.78 is 15.3. The summed E-state index contributed by atoms with van der Waals surface area (Å²) >= 11 is 0. The van der Waals surface area contributed by atoms with Gasteiger partial charge >= 0.3 is 0 Å². The summed E-state index contributed by atoms with van der Waals surface area (Å²) in [6.45, 7) is 1.89. The summed E-state index contributed by atoms with van der Waals surface area (Å²) in [6, 6.07) is 27.5. The van der Waals surface area contributed by atoms with Crippen LogP contribution in [0.4, 0.5) is 0 Å². The second-order valence-corrected chi connectivity index (χ2v) is 12.0. The third-order valence-electron chi connectivity index (χ3n) is 6.81. The number of carbonyl (C=O) groups is 1. The Hall–Kier alpha value is -2.68. The van der Waals surface area contributed by atoms with E-state index in [1.807, 2.05) is 85.8 Å². The minimum Gasteiger partial charge on any atom is -0.389 e. The summed E-state index contributed by atoms with van der Waals surface area (Å²) in [4.78, 5) is 13.1. The first-order valence-corrected chi connectivity index (χ1v) is 13.5. The van der Waals surface area contributed by atoms with E-state index in [1.54, 1.807) is 12.1 Å². The Balaban J connectivity index is 1.83. The quantitative estimate of drug-likeness (QED) is 0.493. The summed E-state index contributed by atoms with van der Waals surface area (Å²) in [7, 11) is -3.34. The molecule has 2 atom stereocenters. The molecule has 0 aromatic heterocycles. The van der Waals surface area contributed by atoms with E-state index in [9.17, 15) is 9.90 Å². The van der Waals surface area contributed by atoms with Gasteiger partial charge in [0.2, 0.25) is 0 Å². The SMILES string of the molecule is C[C@H](NC(=O)c1ccccc1)[C@@H](C1(O)CCCCC1)P(=O)(c1ccccc1)c1ccccc1. The molecule has 2 N–H and O–H groups in total. The van der Waals surface area contributed by atoms with Gasteiger partial charge in [0.05, 0.1) is 11.3 Å². The molecule has 33 heavy (non-hydrogen) atoms. The molecule has 0 aliphatic heterocycles. The molecule has 0 radical (unpaired) electrons. The molecule has 5 heteroatoms. The largest absolute Gasteiger partial charge is 0.389 e. The lowest BCUT2D eigenvalue weighted by Gasteiger charge is -2.46. The van der Waals surface area contributed by atoms with Crippen molar-refractivity contribution in [2.75, 3.05) is 0 Å². The van der Waals surface area contributed by atoms with E-state index in [2.05, 4.69) is 5.32 Å². The molecule has 172 valence electrons. The number of amides is 1. The molecule has 0 heterocycles. The third kappa shape index (κ3) is 4.83. The molecule has 1 amide bonds. The second-order valence-electron chi connectivity index (χ2n) is 9.07. The molecule has 0 bridgehead atoms. The lowest BCUT2D eigenvalue weighted by atomic mass is 9.80. The van der Waals surface area contributed by atoms with Crippen molar-refractivity contribution in [3.05, 3.63) is 96.6 Å². The Labute approximate surface area is 196 Å². The Kier molecular flexibility index (Phi) is 7.17. The molecule has 4 rings (SSSR count). The fourth-order valence-electron chi connectivity index (χ4n) is 5.31. The number of aliphatic hydroxyl groups is 1. The van der Waals surface area contributed by atoms with E-state index >= 15 is 4.57 Å². The minimum absolute atomic E-state index is 0.222. The average molecular weight is 462 g/mol. The van der Waals surface area contributed by atoms with E-state index in [0.29, 0.717) is 29.0 Å². The van der Waals surface area contributed by atoms with Crippen LogP contribution in [0.1, 0.15) is 49.4 Å². The van der Waals surface area contributed by atoms with Crippen molar-refractivity contribution in [3.8, 4) is 0 Å². The van der Waals surface area contributed by atoms with Gasteiger partial charge in [-0.1, -0.05) is 98.1 Å². The van der Waals surface area contributed by atoms with Crippen molar-refractivity contribution in [3.63, 3.8) is 0 Å². The summed E-state index contributed by atoms with van der Waals surface area (Å²) in [5.74, 6) is -0.222. The van der Waals surface area contributed by atoms with Gasteiger partial charge in [0, 0.05) is 22.2 Å². The van der Waals surface area contributed by atoms with Gasteiger partial charge in [0.15, 0.2) is 7.14 Å². The standard InChI is InChI=1S/C28H32NO3P/c1-22(29-27(30)23-14-6-2-7-15-23)26(28(31)20-12-5-13-21-28)33(32,24-16-8-3-9-17-24)25-18-10-4-11-19-25/h2-4,6-11,14-19,22,26,31H,5,12-13,20-21H2,1H3,(H,29,30)/t22-,26-/m0/s1. The third-order valence-corrected chi connectivity index (χ3v) is 10.7. The van der Waals surface area contributed by atoms with Crippen LogP contribution in [0, 0.1) is 0 Å². The number of nitrogens with one attached hydrogen (secondary N) is 1.